The Kier molecular flexibility index (Phi) is 3.53. The van der Waals surface area contributed by atoms with Gasteiger partial charge >= 0.3 is 0 Å². The lowest BCUT2D eigenvalue weighted by Gasteiger charge is -2.38. The first-order valence-corrected chi connectivity index (χ1v) is 7.12. The van der Waals surface area contributed by atoms with Gasteiger partial charge in [0, 0.05) is 31.4 Å². The Morgan fingerprint density at radius 1 is 1.32 bits per heavy atom. The Hall–Kier alpha value is -1.39. The molecule has 0 spiro atoms. The maximum Gasteiger partial charge on any atom is 0.245 e. The van der Waals surface area contributed by atoms with Crippen LogP contribution in [0.2, 0.25) is 0 Å². The number of hydrogen-bond acceptors (Lipinski definition) is 3. The van der Waals surface area contributed by atoms with Crippen LogP contribution in [0.4, 0.5) is 5.69 Å². The number of nitrogens with zero attached hydrogens (tertiary/aromatic N) is 1. The van der Waals surface area contributed by atoms with Crippen LogP contribution in [-0.2, 0) is 11.2 Å². The van der Waals surface area contributed by atoms with Crippen LogP contribution in [0.5, 0.6) is 0 Å². The fourth-order valence-corrected chi connectivity index (χ4v) is 3.02. The summed E-state index contributed by atoms with van der Waals surface area (Å²) in [6, 6.07) is 8.46. The Morgan fingerprint density at radius 3 is 2.95 bits per heavy atom. The lowest BCUT2D eigenvalue weighted by Crippen LogP contribution is -2.58. The number of para-hydroxylation sites is 1. The number of piperazine rings is 1. The molecule has 1 saturated heterocycles. The van der Waals surface area contributed by atoms with Crippen molar-refractivity contribution in [2.75, 3.05) is 24.5 Å². The average molecular weight is 259 g/mol. The number of aryl methyl sites for hydroxylation is 1. The lowest BCUT2D eigenvalue weighted by atomic mass is 9.95. The highest BCUT2D eigenvalue weighted by atomic mass is 16.2. The number of nitrogens with one attached hydrogen (secondary N) is 2. The predicted molar refractivity (Wildman–Crippen MR) is 76.4 cm³/mol. The third-order valence-electron chi connectivity index (χ3n) is 4.10. The topological polar surface area (TPSA) is 44.4 Å². The van der Waals surface area contributed by atoms with Crippen molar-refractivity contribution in [3.8, 4) is 0 Å². The second kappa shape index (κ2) is 5.31. The normalized spacial score (nSPS) is 26.9. The van der Waals surface area contributed by atoms with E-state index in [0.717, 1.165) is 38.2 Å². The number of amides is 1. The molecular weight excluding hydrogens is 238 g/mol. The number of fused-ring (bicyclic) bond motifs is 1. The Morgan fingerprint density at radius 2 is 2.16 bits per heavy atom. The molecule has 2 aliphatic rings. The molecule has 2 N–H and O–H groups in total. The fraction of sp³-hybridized carbons (Fsp3) is 0.533. The van der Waals surface area contributed by atoms with Crippen LogP contribution in [-0.4, -0.2) is 37.6 Å². The maximum atomic E-state index is 12.7. The number of carbonyl (C=O) groups excluding carboxylic acids is 1. The molecule has 3 rings (SSSR count). The first kappa shape index (κ1) is 12.6. The fourth-order valence-electron chi connectivity index (χ4n) is 3.02. The number of anilines is 1. The average Bonchev–Trinajstić information content (AvgIpc) is 2.47. The van der Waals surface area contributed by atoms with Crippen LogP contribution in [0, 0.1) is 0 Å². The van der Waals surface area contributed by atoms with Gasteiger partial charge in [-0.15, -0.1) is 0 Å². The molecule has 1 aromatic rings. The zero-order chi connectivity index (χ0) is 13.2. The van der Waals surface area contributed by atoms with Crippen molar-refractivity contribution in [1.82, 2.24) is 10.6 Å². The van der Waals surface area contributed by atoms with Crippen LogP contribution in [0.15, 0.2) is 24.3 Å². The largest absolute Gasteiger partial charge is 0.313 e. The zero-order valence-electron chi connectivity index (χ0n) is 11.4. The van der Waals surface area contributed by atoms with Crippen LogP contribution in [0.25, 0.3) is 0 Å². The molecule has 2 aliphatic heterocycles. The van der Waals surface area contributed by atoms with Gasteiger partial charge in [0.2, 0.25) is 5.91 Å². The molecule has 4 heteroatoms. The van der Waals surface area contributed by atoms with Crippen molar-refractivity contribution in [2.45, 2.75) is 31.8 Å². The SMILES string of the molecule is CC1CCc2ccccc2N1C(=O)C1CNCCN1. The van der Waals surface area contributed by atoms with Crippen LogP contribution in [0.1, 0.15) is 18.9 Å². The summed E-state index contributed by atoms with van der Waals surface area (Å²) in [5, 5.41) is 6.60. The molecule has 102 valence electrons. The summed E-state index contributed by atoms with van der Waals surface area (Å²) in [6.07, 6.45) is 2.11. The van der Waals surface area contributed by atoms with Gasteiger partial charge in [-0.25, -0.2) is 0 Å². The highest BCUT2D eigenvalue weighted by molar-refractivity contribution is 5.99. The van der Waals surface area contributed by atoms with Gasteiger partial charge in [-0.05, 0) is 31.4 Å². The molecule has 0 aromatic heterocycles. The summed E-state index contributed by atoms with van der Waals surface area (Å²) in [7, 11) is 0. The highest BCUT2D eigenvalue weighted by Gasteiger charge is 2.32. The van der Waals surface area contributed by atoms with E-state index in [9.17, 15) is 4.79 Å². The lowest BCUT2D eigenvalue weighted by molar-refractivity contribution is -0.121. The standard InChI is InChI=1S/C15H21N3O/c1-11-6-7-12-4-2-3-5-14(12)18(11)15(19)13-10-16-8-9-17-13/h2-5,11,13,16-17H,6-10H2,1H3. The Labute approximate surface area is 114 Å². The summed E-state index contributed by atoms with van der Waals surface area (Å²) in [4.78, 5) is 14.7. The van der Waals surface area contributed by atoms with Gasteiger partial charge in [0.25, 0.3) is 0 Å². The summed E-state index contributed by atoms with van der Waals surface area (Å²) in [6.45, 7) is 4.67. The van der Waals surface area contributed by atoms with E-state index in [1.165, 1.54) is 5.56 Å². The molecule has 2 unspecified atom stereocenters. The third-order valence-corrected chi connectivity index (χ3v) is 4.10. The molecule has 0 saturated carbocycles. The van der Waals surface area contributed by atoms with E-state index in [2.05, 4.69) is 35.8 Å². The second-order valence-corrected chi connectivity index (χ2v) is 5.44. The molecule has 1 amide bonds. The minimum absolute atomic E-state index is 0.0950. The Bertz CT molecular complexity index is 468. The van der Waals surface area contributed by atoms with Crippen LogP contribution in [0.3, 0.4) is 0 Å². The first-order chi connectivity index (χ1) is 9.27. The summed E-state index contributed by atoms with van der Waals surface area (Å²) in [5.74, 6) is 0.201. The zero-order valence-corrected chi connectivity index (χ0v) is 11.4. The second-order valence-electron chi connectivity index (χ2n) is 5.44. The van der Waals surface area contributed by atoms with Gasteiger partial charge < -0.3 is 15.5 Å². The number of carbonyl (C=O) groups is 1. The smallest absolute Gasteiger partial charge is 0.245 e. The van der Waals surface area contributed by atoms with Crippen molar-refractivity contribution >= 4 is 11.6 Å². The third kappa shape index (κ3) is 2.38. The quantitative estimate of drug-likeness (QED) is 0.788. The van der Waals surface area contributed by atoms with Gasteiger partial charge in [-0.1, -0.05) is 18.2 Å². The maximum absolute atomic E-state index is 12.7. The van der Waals surface area contributed by atoms with Crippen LogP contribution >= 0.6 is 0 Å². The monoisotopic (exact) mass is 259 g/mol. The molecule has 0 aliphatic carbocycles. The van der Waals surface area contributed by atoms with Crippen LogP contribution < -0.4 is 15.5 Å². The molecule has 19 heavy (non-hydrogen) atoms. The molecule has 0 bridgehead atoms. The van der Waals surface area contributed by atoms with E-state index in [1.54, 1.807) is 0 Å². The van der Waals surface area contributed by atoms with Gasteiger partial charge in [0.15, 0.2) is 0 Å². The minimum atomic E-state index is -0.0950. The predicted octanol–water partition coefficient (Wildman–Crippen LogP) is 0.916. The van der Waals surface area contributed by atoms with E-state index in [1.807, 2.05) is 11.0 Å². The molecule has 1 aromatic carbocycles. The van der Waals surface area contributed by atoms with E-state index in [0.29, 0.717) is 0 Å². The number of rotatable bonds is 1. The summed E-state index contributed by atoms with van der Waals surface area (Å²) in [5.41, 5.74) is 2.39. The number of benzene rings is 1. The van der Waals surface area contributed by atoms with Gasteiger partial charge in [0.1, 0.15) is 0 Å². The molecule has 1 fully saturated rings. The van der Waals surface area contributed by atoms with E-state index in [4.69, 9.17) is 0 Å². The summed E-state index contributed by atoms with van der Waals surface area (Å²) < 4.78 is 0. The molecular formula is C15H21N3O. The minimum Gasteiger partial charge on any atom is -0.313 e. The van der Waals surface area contributed by atoms with Crippen molar-refractivity contribution in [1.29, 1.82) is 0 Å². The highest BCUT2D eigenvalue weighted by Crippen LogP contribution is 2.30. The molecule has 4 nitrogen and oxygen atoms in total. The summed E-state index contributed by atoms with van der Waals surface area (Å²) >= 11 is 0. The van der Waals surface area contributed by atoms with Crippen molar-refractivity contribution in [2.24, 2.45) is 0 Å². The van der Waals surface area contributed by atoms with Crippen molar-refractivity contribution < 1.29 is 4.79 Å². The molecule has 2 heterocycles. The van der Waals surface area contributed by atoms with E-state index >= 15 is 0 Å². The Balaban J connectivity index is 1.88. The van der Waals surface area contributed by atoms with Crippen molar-refractivity contribution in [3.05, 3.63) is 29.8 Å². The van der Waals surface area contributed by atoms with Gasteiger partial charge in [0.05, 0.1) is 6.04 Å². The first-order valence-electron chi connectivity index (χ1n) is 7.12. The molecule has 2 atom stereocenters. The number of hydrogen-bond donors (Lipinski definition) is 2. The van der Waals surface area contributed by atoms with E-state index < -0.39 is 0 Å². The van der Waals surface area contributed by atoms with Crippen molar-refractivity contribution in [3.63, 3.8) is 0 Å². The molecule has 0 radical (unpaired) electrons. The van der Waals surface area contributed by atoms with Gasteiger partial charge in [-0.3, -0.25) is 4.79 Å². The van der Waals surface area contributed by atoms with Gasteiger partial charge in [-0.2, -0.15) is 0 Å². The van der Waals surface area contributed by atoms with E-state index in [-0.39, 0.29) is 18.0 Å².